The number of hydrogen-bond donors (Lipinski definition) is 1. The van der Waals surface area contributed by atoms with Gasteiger partial charge in [0.15, 0.2) is 0 Å². The summed E-state index contributed by atoms with van der Waals surface area (Å²) in [6.07, 6.45) is -0.381. The summed E-state index contributed by atoms with van der Waals surface area (Å²) >= 11 is 0. The van der Waals surface area contributed by atoms with Gasteiger partial charge in [0.1, 0.15) is 11.3 Å². The van der Waals surface area contributed by atoms with Crippen LogP contribution in [0.15, 0.2) is 48.7 Å². The van der Waals surface area contributed by atoms with Crippen molar-refractivity contribution in [1.82, 2.24) is 9.88 Å². The Morgan fingerprint density at radius 3 is 2.74 bits per heavy atom. The summed E-state index contributed by atoms with van der Waals surface area (Å²) < 4.78 is 31.3. The molecule has 1 saturated carbocycles. The van der Waals surface area contributed by atoms with Gasteiger partial charge >= 0.3 is 0 Å². The van der Waals surface area contributed by atoms with Gasteiger partial charge in [0.25, 0.3) is 0 Å². The van der Waals surface area contributed by atoms with Crippen LogP contribution >= 0.6 is 0 Å². The van der Waals surface area contributed by atoms with Crippen LogP contribution in [0.2, 0.25) is 0 Å². The van der Waals surface area contributed by atoms with E-state index < -0.39 is 29.9 Å². The van der Waals surface area contributed by atoms with Gasteiger partial charge in [-0.15, -0.1) is 0 Å². The van der Waals surface area contributed by atoms with Gasteiger partial charge in [-0.2, -0.15) is 0 Å². The van der Waals surface area contributed by atoms with Crippen LogP contribution < -0.4 is 10.2 Å². The van der Waals surface area contributed by atoms with Gasteiger partial charge in [-0.05, 0) is 69.2 Å². The minimum absolute atomic E-state index is 0.153. The molecule has 160 valence electrons. The van der Waals surface area contributed by atoms with E-state index in [-0.39, 0.29) is 5.52 Å². The Morgan fingerprint density at radius 1 is 1.26 bits per heavy atom. The molecule has 5 nitrogen and oxygen atoms in total. The van der Waals surface area contributed by atoms with Crippen LogP contribution in [0.4, 0.5) is 15.8 Å². The van der Waals surface area contributed by atoms with E-state index in [2.05, 4.69) is 34.2 Å². The maximum atomic E-state index is 14.3. The first-order chi connectivity index (χ1) is 15.7. The lowest BCUT2D eigenvalue weighted by Gasteiger charge is -2.44. The topological polar surface area (TPSA) is 48.5 Å². The van der Waals surface area contributed by atoms with E-state index in [4.69, 9.17) is 2.74 Å². The third kappa shape index (κ3) is 3.35. The highest BCUT2D eigenvalue weighted by molar-refractivity contribution is 6.05. The number of nitrogens with zero attached hydrogens (tertiary/aromatic N) is 3. The van der Waals surface area contributed by atoms with Crippen LogP contribution in [0.5, 0.6) is 0 Å². The molecule has 2 atom stereocenters. The van der Waals surface area contributed by atoms with Gasteiger partial charge in [-0.25, -0.2) is 4.39 Å². The molecule has 1 N–H and O–H groups in total. The molecule has 31 heavy (non-hydrogen) atoms. The molecule has 1 aromatic heterocycles. The Kier molecular flexibility index (Phi) is 4.16. The molecule has 1 amide bonds. The van der Waals surface area contributed by atoms with E-state index in [1.54, 1.807) is 12.1 Å². The van der Waals surface area contributed by atoms with Crippen LogP contribution in [0.1, 0.15) is 26.7 Å². The normalized spacial score (nSPS) is 26.4. The molecule has 2 aliphatic rings. The minimum atomic E-state index is -1.37. The maximum Gasteiger partial charge on any atom is 0.235 e. The molecular formula is C25H27FN4O. The lowest BCUT2D eigenvalue weighted by atomic mass is 9.91. The fraction of sp³-hybridized carbons (Fsp3) is 0.360. The van der Waals surface area contributed by atoms with E-state index in [1.807, 2.05) is 25.1 Å². The summed E-state index contributed by atoms with van der Waals surface area (Å²) in [5.41, 5.74) is 1.86. The smallest absolute Gasteiger partial charge is 0.235 e. The fourth-order valence-corrected chi connectivity index (χ4v) is 4.20. The van der Waals surface area contributed by atoms with E-state index in [1.165, 1.54) is 18.3 Å². The van der Waals surface area contributed by atoms with Gasteiger partial charge < -0.3 is 15.1 Å². The first-order valence-electron chi connectivity index (χ1n) is 11.6. The minimum Gasteiger partial charge on any atom is -0.368 e. The van der Waals surface area contributed by atoms with Crippen molar-refractivity contribution >= 4 is 28.2 Å². The van der Waals surface area contributed by atoms with Gasteiger partial charge in [0.2, 0.25) is 5.91 Å². The maximum absolute atomic E-state index is 14.3. The summed E-state index contributed by atoms with van der Waals surface area (Å²) in [7, 11) is 4.14. The molecule has 1 saturated heterocycles. The summed E-state index contributed by atoms with van der Waals surface area (Å²) in [6, 6.07) is 12.7. The van der Waals surface area contributed by atoms with Gasteiger partial charge in [-0.1, -0.05) is 18.2 Å². The number of pyridine rings is 1. The van der Waals surface area contributed by atoms with Crippen molar-refractivity contribution in [2.24, 2.45) is 0 Å². The molecule has 1 aliphatic heterocycles. The van der Waals surface area contributed by atoms with Crippen LogP contribution in [-0.4, -0.2) is 49.0 Å². The highest BCUT2D eigenvalue weighted by Crippen LogP contribution is 2.51. The largest absolute Gasteiger partial charge is 0.368 e. The highest BCUT2D eigenvalue weighted by Gasteiger charge is 2.52. The van der Waals surface area contributed by atoms with Gasteiger partial charge in [0, 0.05) is 44.8 Å². The average Bonchev–Trinajstić information content (AvgIpc) is 3.30. The Hall–Kier alpha value is -2.99. The second kappa shape index (κ2) is 7.31. The lowest BCUT2D eigenvalue weighted by molar-refractivity contribution is -0.118. The number of benzene rings is 2. The second-order valence-electron chi connectivity index (χ2n) is 8.67. The number of carbonyl (C=O) groups is 1. The summed E-state index contributed by atoms with van der Waals surface area (Å²) in [5, 5.41) is 3.47. The molecule has 2 fully saturated rings. The molecule has 0 bridgehead atoms. The van der Waals surface area contributed by atoms with Crippen molar-refractivity contribution in [3.8, 4) is 0 Å². The van der Waals surface area contributed by atoms with Crippen molar-refractivity contribution in [3.05, 3.63) is 65.6 Å². The number of rotatable bonds is 5. The number of halogens is 1. The molecule has 2 heterocycles. The third-order valence-electron chi connectivity index (χ3n) is 6.47. The molecule has 0 spiro atoms. The zero-order valence-corrected chi connectivity index (χ0v) is 17.9. The molecule has 0 radical (unpaired) electrons. The van der Waals surface area contributed by atoms with Crippen LogP contribution in [0.3, 0.4) is 0 Å². The highest BCUT2D eigenvalue weighted by atomic mass is 19.1. The number of nitrogens with one attached hydrogen (secondary N) is 1. The van der Waals surface area contributed by atoms with E-state index in [0.717, 1.165) is 24.3 Å². The van der Waals surface area contributed by atoms with Gasteiger partial charge in [0.05, 0.1) is 5.41 Å². The molecule has 2 unspecified atom stereocenters. The Bertz CT molecular complexity index is 1240. The zero-order chi connectivity index (χ0) is 23.5. The number of likely N-dealkylation sites (N-methyl/N-ethyl adjacent to an activating group) is 1. The number of carbonyl (C=O) groups excluding carboxylic acids is 1. The second-order valence-corrected chi connectivity index (χ2v) is 8.67. The number of hydrogen-bond acceptors (Lipinski definition) is 4. The number of amides is 1. The van der Waals surface area contributed by atoms with Crippen LogP contribution in [0.25, 0.3) is 10.9 Å². The SMILES string of the molecule is [2H]C1C([2H])C1(C(=O)Nc1cc(N2CC(N(C)C)C2)ccc1C)c1ccc(F)c2ncccc12. The Morgan fingerprint density at radius 2 is 2.03 bits per heavy atom. The summed E-state index contributed by atoms with van der Waals surface area (Å²) in [5.74, 6) is -0.892. The van der Waals surface area contributed by atoms with Crippen molar-refractivity contribution in [2.45, 2.75) is 31.2 Å². The predicted octanol–water partition coefficient (Wildman–Crippen LogP) is 4.10. The van der Waals surface area contributed by atoms with Crippen LogP contribution in [-0.2, 0) is 10.2 Å². The fourth-order valence-electron chi connectivity index (χ4n) is 4.20. The molecule has 6 heteroatoms. The zero-order valence-electron chi connectivity index (χ0n) is 19.9. The van der Waals surface area contributed by atoms with Crippen molar-refractivity contribution < 1.29 is 11.9 Å². The summed E-state index contributed by atoms with van der Waals surface area (Å²) in [4.78, 5) is 22.2. The van der Waals surface area contributed by atoms with Crippen molar-refractivity contribution in [2.75, 3.05) is 37.4 Å². The standard InChI is InChI=1S/C25H27FN4O/c1-16-6-7-17(30-14-18(15-30)29(2)3)13-22(16)28-24(31)25(10-11-25)20-8-9-21(26)23-19(20)5-4-12-27-23/h4-9,12-13,18H,10-11,14-15H2,1-3H3,(H,28,31)/i10D,11D. The third-order valence-corrected chi connectivity index (χ3v) is 6.47. The quantitative estimate of drug-likeness (QED) is 0.675. The van der Waals surface area contributed by atoms with Crippen molar-refractivity contribution in [1.29, 1.82) is 0 Å². The molecule has 1 aliphatic carbocycles. The predicted molar refractivity (Wildman–Crippen MR) is 122 cm³/mol. The molecule has 2 aromatic carbocycles. The monoisotopic (exact) mass is 420 g/mol. The molecule has 3 aromatic rings. The number of aryl methyl sites for hydroxylation is 1. The Labute approximate surface area is 184 Å². The first kappa shape index (κ1) is 17.7. The van der Waals surface area contributed by atoms with Crippen molar-refractivity contribution in [3.63, 3.8) is 0 Å². The molecular weight excluding hydrogens is 391 g/mol. The van der Waals surface area contributed by atoms with Gasteiger partial charge in [-0.3, -0.25) is 9.78 Å². The number of fused-ring (bicyclic) bond motifs is 1. The number of aromatic nitrogens is 1. The van der Waals surface area contributed by atoms with E-state index in [9.17, 15) is 9.18 Å². The summed E-state index contributed by atoms with van der Waals surface area (Å²) in [6.45, 7) is 3.77. The number of anilines is 2. The Balaban J connectivity index is 1.47. The average molecular weight is 421 g/mol. The lowest BCUT2D eigenvalue weighted by Crippen LogP contribution is -2.57. The van der Waals surface area contributed by atoms with E-state index in [0.29, 0.717) is 22.7 Å². The van der Waals surface area contributed by atoms with E-state index >= 15 is 0 Å². The van der Waals surface area contributed by atoms with Crippen LogP contribution in [0, 0.1) is 12.7 Å². The first-order valence-corrected chi connectivity index (χ1v) is 10.5. The molecule has 5 rings (SSSR count).